The van der Waals surface area contributed by atoms with E-state index in [1.54, 1.807) is 36.4 Å². The van der Waals surface area contributed by atoms with E-state index >= 15 is 0 Å². The van der Waals surface area contributed by atoms with E-state index in [-0.39, 0.29) is 23.2 Å². The standard InChI is InChI=1S/C23H16F3N3O2/c24-18-8-4-1-5-15(18)12-27-21(30)13-29-23(31)17-7-3-2-6-16(17)22(28-29)14-9-10-19(25)20(26)11-14/h1-11H,12-13H2,(H,27,30). The Bertz CT molecular complexity index is 1350. The summed E-state index contributed by atoms with van der Waals surface area (Å²) in [7, 11) is 0. The fourth-order valence-electron chi connectivity index (χ4n) is 3.23. The van der Waals surface area contributed by atoms with Gasteiger partial charge in [0.15, 0.2) is 11.6 Å². The number of aromatic nitrogens is 2. The summed E-state index contributed by atoms with van der Waals surface area (Å²) in [4.78, 5) is 25.2. The third kappa shape index (κ3) is 4.18. The average Bonchev–Trinajstić information content (AvgIpc) is 2.77. The number of fused-ring (bicyclic) bond motifs is 1. The van der Waals surface area contributed by atoms with E-state index in [1.807, 2.05) is 0 Å². The molecular formula is C23H16F3N3O2. The van der Waals surface area contributed by atoms with Crippen LogP contribution in [0.15, 0.2) is 71.5 Å². The Labute approximate surface area is 174 Å². The second-order valence-electron chi connectivity index (χ2n) is 6.85. The van der Waals surface area contributed by atoms with Crippen molar-refractivity contribution in [2.75, 3.05) is 0 Å². The first-order chi connectivity index (χ1) is 14.9. The van der Waals surface area contributed by atoms with Crippen molar-refractivity contribution in [2.24, 2.45) is 0 Å². The molecule has 8 heteroatoms. The fourth-order valence-corrected chi connectivity index (χ4v) is 3.23. The van der Waals surface area contributed by atoms with Gasteiger partial charge in [0.2, 0.25) is 5.91 Å². The Hall–Kier alpha value is -3.94. The molecule has 4 rings (SSSR count). The van der Waals surface area contributed by atoms with Gasteiger partial charge in [0.1, 0.15) is 12.4 Å². The van der Waals surface area contributed by atoms with Crippen molar-refractivity contribution in [1.29, 1.82) is 0 Å². The van der Waals surface area contributed by atoms with Crippen molar-refractivity contribution >= 4 is 16.7 Å². The van der Waals surface area contributed by atoms with Crippen LogP contribution in [0.4, 0.5) is 13.2 Å². The monoisotopic (exact) mass is 423 g/mol. The van der Waals surface area contributed by atoms with Gasteiger partial charge in [0.05, 0.1) is 11.1 Å². The number of benzene rings is 3. The molecular weight excluding hydrogens is 407 g/mol. The Morgan fingerprint density at radius 2 is 1.58 bits per heavy atom. The fraction of sp³-hybridized carbons (Fsp3) is 0.0870. The molecule has 0 aliphatic rings. The summed E-state index contributed by atoms with van der Waals surface area (Å²) in [5, 5.41) is 7.51. The zero-order chi connectivity index (χ0) is 22.0. The summed E-state index contributed by atoms with van der Waals surface area (Å²) >= 11 is 0. The highest BCUT2D eigenvalue weighted by molar-refractivity contribution is 5.93. The minimum absolute atomic E-state index is 0.0517. The van der Waals surface area contributed by atoms with Gasteiger partial charge in [0, 0.05) is 23.1 Å². The number of carbonyl (C=O) groups is 1. The Balaban J connectivity index is 1.68. The molecule has 0 saturated heterocycles. The minimum Gasteiger partial charge on any atom is -0.350 e. The van der Waals surface area contributed by atoms with Crippen LogP contribution in [-0.2, 0) is 17.9 Å². The van der Waals surface area contributed by atoms with Crippen LogP contribution >= 0.6 is 0 Å². The van der Waals surface area contributed by atoms with Gasteiger partial charge in [-0.15, -0.1) is 0 Å². The average molecular weight is 423 g/mol. The summed E-state index contributed by atoms with van der Waals surface area (Å²) in [6.45, 7) is -0.474. The molecule has 0 spiro atoms. The van der Waals surface area contributed by atoms with Gasteiger partial charge < -0.3 is 5.32 Å². The highest BCUT2D eigenvalue weighted by Crippen LogP contribution is 2.26. The molecule has 0 fully saturated rings. The van der Waals surface area contributed by atoms with E-state index in [0.717, 1.165) is 16.8 Å². The van der Waals surface area contributed by atoms with Crippen molar-refractivity contribution < 1.29 is 18.0 Å². The number of amides is 1. The smallest absolute Gasteiger partial charge is 0.275 e. The molecule has 31 heavy (non-hydrogen) atoms. The molecule has 1 aromatic heterocycles. The maximum Gasteiger partial charge on any atom is 0.275 e. The van der Waals surface area contributed by atoms with E-state index in [1.165, 1.54) is 18.2 Å². The molecule has 0 saturated carbocycles. The van der Waals surface area contributed by atoms with Crippen molar-refractivity contribution in [1.82, 2.24) is 15.1 Å². The molecule has 3 aromatic carbocycles. The van der Waals surface area contributed by atoms with Crippen LogP contribution in [-0.4, -0.2) is 15.7 Å². The molecule has 1 heterocycles. The minimum atomic E-state index is -1.05. The molecule has 0 aliphatic heterocycles. The number of nitrogens with one attached hydrogen (secondary N) is 1. The van der Waals surface area contributed by atoms with Crippen LogP contribution in [0.25, 0.3) is 22.0 Å². The molecule has 0 unspecified atom stereocenters. The molecule has 1 N–H and O–H groups in total. The molecule has 4 aromatic rings. The van der Waals surface area contributed by atoms with Crippen LogP contribution < -0.4 is 10.9 Å². The number of carbonyl (C=O) groups excluding carboxylic acids is 1. The van der Waals surface area contributed by atoms with Crippen LogP contribution in [0.1, 0.15) is 5.56 Å². The first kappa shape index (κ1) is 20.3. The highest BCUT2D eigenvalue weighted by atomic mass is 19.2. The summed E-state index contributed by atoms with van der Waals surface area (Å²) < 4.78 is 41.8. The van der Waals surface area contributed by atoms with Crippen LogP contribution in [0.2, 0.25) is 0 Å². The maximum absolute atomic E-state index is 13.8. The van der Waals surface area contributed by atoms with Gasteiger partial charge in [-0.05, 0) is 30.3 Å². The van der Waals surface area contributed by atoms with E-state index in [9.17, 15) is 22.8 Å². The van der Waals surface area contributed by atoms with E-state index in [2.05, 4.69) is 10.4 Å². The predicted molar refractivity (Wildman–Crippen MR) is 110 cm³/mol. The van der Waals surface area contributed by atoms with Crippen molar-refractivity contribution in [3.63, 3.8) is 0 Å². The first-order valence-corrected chi connectivity index (χ1v) is 9.39. The molecule has 0 bridgehead atoms. The molecule has 5 nitrogen and oxygen atoms in total. The predicted octanol–water partition coefficient (Wildman–Crippen LogP) is 3.80. The van der Waals surface area contributed by atoms with E-state index in [0.29, 0.717) is 10.9 Å². The molecule has 1 amide bonds. The normalized spacial score (nSPS) is 10.9. The summed E-state index contributed by atoms with van der Waals surface area (Å²) in [6, 6.07) is 15.9. The number of hydrogen-bond donors (Lipinski definition) is 1. The summed E-state index contributed by atoms with van der Waals surface area (Å²) in [5.74, 6) is -3.06. The SMILES string of the molecule is O=C(Cn1nc(-c2ccc(F)c(F)c2)c2ccccc2c1=O)NCc1ccccc1F. The zero-order valence-corrected chi connectivity index (χ0v) is 16.1. The van der Waals surface area contributed by atoms with Crippen LogP contribution in [0.3, 0.4) is 0 Å². The van der Waals surface area contributed by atoms with Crippen molar-refractivity contribution in [3.8, 4) is 11.3 Å². The zero-order valence-electron chi connectivity index (χ0n) is 16.1. The lowest BCUT2D eigenvalue weighted by Crippen LogP contribution is -2.34. The van der Waals surface area contributed by atoms with E-state index in [4.69, 9.17) is 0 Å². The van der Waals surface area contributed by atoms with Gasteiger partial charge in [-0.25, -0.2) is 17.9 Å². The molecule has 0 radical (unpaired) electrons. The molecule has 0 aliphatic carbocycles. The highest BCUT2D eigenvalue weighted by Gasteiger charge is 2.15. The lowest BCUT2D eigenvalue weighted by molar-refractivity contribution is -0.122. The second kappa shape index (κ2) is 8.43. The Kier molecular flexibility index (Phi) is 5.53. The largest absolute Gasteiger partial charge is 0.350 e. The number of nitrogens with zero attached hydrogens (tertiary/aromatic N) is 2. The Morgan fingerprint density at radius 3 is 2.32 bits per heavy atom. The van der Waals surface area contributed by atoms with Gasteiger partial charge in [-0.1, -0.05) is 36.4 Å². The van der Waals surface area contributed by atoms with Gasteiger partial charge in [-0.2, -0.15) is 5.10 Å². The van der Waals surface area contributed by atoms with E-state index < -0.39 is 35.5 Å². The second-order valence-corrected chi connectivity index (χ2v) is 6.85. The van der Waals surface area contributed by atoms with Gasteiger partial charge >= 0.3 is 0 Å². The Morgan fingerprint density at radius 1 is 0.871 bits per heavy atom. The van der Waals surface area contributed by atoms with Crippen LogP contribution in [0, 0.1) is 17.5 Å². The lowest BCUT2D eigenvalue weighted by Gasteiger charge is -2.12. The van der Waals surface area contributed by atoms with Crippen molar-refractivity contribution in [3.05, 3.63) is 100 Å². The molecule has 0 atom stereocenters. The molecule has 156 valence electrons. The number of halogens is 3. The number of rotatable bonds is 5. The number of hydrogen-bond acceptors (Lipinski definition) is 3. The van der Waals surface area contributed by atoms with Crippen molar-refractivity contribution in [2.45, 2.75) is 13.1 Å². The summed E-state index contributed by atoms with van der Waals surface area (Å²) in [6.07, 6.45) is 0. The lowest BCUT2D eigenvalue weighted by atomic mass is 10.0. The quantitative estimate of drug-likeness (QED) is 0.531. The maximum atomic E-state index is 13.8. The van der Waals surface area contributed by atoms with Gasteiger partial charge in [-0.3, -0.25) is 9.59 Å². The summed E-state index contributed by atoms with van der Waals surface area (Å²) in [5.41, 5.74) is 0.284. The van der Waals surface area contributed by atoms with Gasteiger partial charge in [0.25, 0.3) is 5.56 Å². The third-order valence-electron chi connectivity index (χ3n) is 4.79. The third-order valence-corrected chi connectivity index (χ3v) is 4.79. The first-order valence-electron chi connectivity index (χ1n) is 9.39. The topological polar surface area (TPSA) is 64.0 Å². The van der Waals surface area contributed by atoms with Crippen LogP contribution in [0.5, 0.6) is 0 Å².